The maximum absolute atomic E-state index is 3.43. The van der Waals surface area contributed by atoms with E-state index in [0.717, 1.165) is 12.0 Å². The minimum absolute atomic E-state index is 0.743. The number of nitrogens with one attached hydrogen (secondary N) is 1. The topological polar surface area (TPSA) is 15.3 Å². The minimum Gasteiger partial charge on any atom is -0.317 e. The van der Waals surface area contributed by atoms with Crippen molar-refractivity contribution < 1.29 is 0 Å². The molecule has 0 aromatic heterocycles. The van der Waals surface area contributed by atoms with Gasteiger partial charge in [0.15, 0.2) is 0 Å². The van der Waals surface area contributed by atoms with Crippen LogP contribution in [0.4, 0.5) is 0 Å². The number of hydrogen-bond acceptors (Lipinski definition) is 2. The van der Waals surface area contributed by atoms with E-state index in [-0.39, 0.29) is 0 Å². The second-order valence-corrected chi connectivity index (χ2v) is 4.61. The molecule has 1 fully saturated rings. The summed E-state index contributed by atoms with van der Waals surface area (Å²) in [5.74, 6) is 1.03. The van der Waals surface area contributed by atoms with Gasteiger partial charge in [-0.25, -0.2) is 0 Å². The molecule has 0 saturated heterocycles. The second kappa shape index (κ2) is 5.61. The molecule has 0 aromatic rings. The average molecular weight is 184 g/mol. The van der Waals surface area contributed by atoms with Crippen molar-refractivity contribution in [2.45, 2.75) is 38.1 Å². The normalized spacial score (nSPS) is 20.3. The van der Waals surface area contributed by atoms with Crippen molar-refractivity contribution in [1.29, 1.82) is 0 Å². The van der Waals surface area contributed by atoms with E-state index in [4.69, 9.17) is 0 Å². The van der Waals surface area contributed by atoms with Crippen LogP contribution in [0.1, 0.15) is 32.1 Å². The summed E-state index contributed by atoms with van der Waals surface area (Å²) in [6.07, 6.45) is 7.10. The molecule has 13 heavy (non-hydrogen) atoms. The third kappa shape index (κ3) is 4.10. The summed E-state index contributed by atoms with van der Waals surface area (Å²) in [6.45, 7) is 1.21. The van der Waals surface area contributed by atoms with Crippen LogP contribution in [-0.2, 0) is 0 Å². The first kappa shape index (κ1) is 11.0. The molecule has 2 nitrogen and oxygen atoms in total. The van der Waals surface area contributed by atoms with E-state index in [1.807, 2.05) is 0 Å². The molecule has 0 bridgehead atoms. The SMILES string of the molecule is CNC(CCN(C)C)CC1CCC1. The van der Waals surface area contributed by atoms with Gasteiger partial charge in [0.25, 0.3) is 0 Å². The van der Waals surface area contributed by atoms with E-state index in [0.29, 0.717) is 0 Å². The number of rotatable bonds is 6. The largest absolute Gasteiger partial charge is 0.317 e. The van der Waals surface area contributed by atoms with Gasteiger partial charge in [-0.15, -0.1) is 0 Å². The smallest absolute Gasteiger partial charge is 0.00788 e. The highest BCUT2D eigenvalue weighted by molar-refractivity contribution is 4.76. The first-order valence-electron chi connectivity index (χ1n) is 5.54. The quantitative estimate of drug-likeness (QED) is 0.676. The maximum atomic E-state index is 3.43. The van der Waals surface area contributed by atoms with Gasteiger partial charge in [0.2, 0.25) is 0 Å². The third-order valence-corrected chi connectivity index (χ3v) is 3.18. The molecule has 0 heterocycles. The fourth-order valence-electron chi connectivity index (χ4n) is 1.92. The number of nitrogens with zero attached hydrogens (tertiary/aromatic N) is 1. The minimum atomic E-state index is 0.743. The first-order chi connectivity index (χ1) is 6.22. The molecule has 0 aliphatic heterocycles. The first-order valence-corrected chi connectivity index (χ1v) is 5.54. The lowest BCUT2D eigenvalue weighted by Gasteiger charge is -2.30. The van der Waals surface area contributed by atoms with Gasteiger partial charge in [-0.05, 0) is 46.4 Å². The van der Waals surface area contributed by atoms with E-state index in [2.05, 4.69) is 31.4 Å². The summed E-state index contributed by atoms with van der Waals surface area (Å²) >= 11 is 0. The van der Waals surface area contributed by atoms with Crippen molar-refractivity contribution in [3.63, 3.8) is 0 Å². The third-order valence-electron chi connectivity index (χ3n) is 3.18. The fourth-order valence-corrected chi connectivity index (χ4v) is 1.92. The van der Waals surface area contributed by atoms with Crippen LogP contribution in [0.5, 0.6) is 0 Å². The van der Waals surface area contributed by atoms with E-state index in [1.54, 1.807) is 0 Å². The standard InChI is InChI=1S/C11H24N2/c1-12-11(7-8-13(2)3)9-10-5-4-6-10/h10-12H,4-9H2,1-3H3. The van der Waals surface area contributed by atoms with Gasteiger partial charge < -0.3 is 10.2 Å². The Kier molecular flexibility index (Phi) is 4.74. The zero-order valence-electron chi connectivity index (χ0n) is 9.34. The molecule has 1 unspecified atom stereocenters. The molecule has 0 amide bonds. The number of hydrogen-bond donors (Lipinski definition) is 1. The van der Waals surface area contributed by atoms with Crippen LogP contribution in [0.25, 0.3) is 0 Å². The lowest BCUT2D eigenvalue weighted by Crippen LogP contribution is -2.33. The van der Waals surface area contributed by atoms with Gasteiger partial charge in [0.05, 0.1) is 0 Å². The highest BCUT2D eigenvalue weighted by Gasteiger charge is 2.20. The Balaban J connectivity index is 2.09. The van der Waals surface area contributed by atoms with Crippen molar-refractivity contribution in [2.75, 3.05) is 27.7 Å². The van der Waals surface area contributed by atoms with E-state index < -0.39 is 0 Å². The van der Waals surface area contributed by atoms with Gasteiger partial charge in [-0.2, -0.15) is 0 Å². The molecule has 1 rings (SSSR count). The van der Waals surface area contributed by atoms with Gasteiger partial charge in [-0.1, -0.05) is 19.3 Å². The monoisotopic (exact) mass is 184 g/mol. The zero-order chi connectivity index (χ0) is 9.68. The van der Waals surface area contributed by atoms with Crippen molar-refractivity contribution in [3.05, 3.63) is 0 Å². The Morgan fingerprint density at radius 1 is 1.38 bits per heavy atom. The lowest BCUT2D eigenvalue weighted by molar-refractivity contribution is 0.248. The van der Waals surface area contributed by atoms with Crippen LogP contribution >= 0.6 is 0 Å². The van der Waals surface area contributed by atoms with Crippen LogP contribution in [0.15, 0.2) is 0 Å². The Morgan fingerprint density at radius 3 is 2.46 bits per heavy atom. The van der Waals surface area contributed by atoms with Crippen molar-refractivity contribution in [2.24, 2.45) is 5.92 Å². The predicted octanol–water partition coefficient (Wildman–Crippen LogP) is 1.72. The van der Waals surface area contributed by atoms with Crippen molar-refractivity contribution >= 4 is 0 Å². The summed E-state index contributed by atoms with van der Waals surface area (Å²) in [7, 11) is 6.39. The van der Waals surface area contributed by atoms with Crippen molar-refractivity contribution in [3.8, 4) is 0 Å². The summed E-state index contributed by atoms with van der Waals surface area (Å²) in [5, 5.41) is 3.43. The highest BCUT2D eigenvalue weighted by atomic mass is 15.1. The zero-order valence-corrected chi connectivity index (χ0v) is 9.34. The maximum Gasteiger partial charge on any atom is 0.00788 e. The molecule has 1 atom stereocenters. The molecular formula is C11H24N2. The molecule has 0 aromatic carbocycles. The fraction of sp³-hybridized carbons (Fsp3) is 1.00. The van der Waals surface area contributed by atoms with Gasteiger partial charge in [0, 0.05) is 6.04 Å². The Morgan fingerprint density at radius 2 is 2.08 bits per heavy atom. The highest BCUT2D eigenvalue weighted by Crippen LogP contribution is 2.30. The van der Waals surface area contributed by atoms with Crippen LogP contribution in [0, 0.1) is 5.92 Å². The average Bonchev–Trinajstić information content (AvgIpc) is 2.01. The summed E-state index contributed by atoms with van der Waals surface area (Å²) < 4.78 is 0. The molecule has 1 N–H and O–H groups in total. The molecule has 0 radical (unpaired) electrons. The predicted molar refractivity (Wildman–Crippen MR) is 58.0 cm³/mol. The lowest BCUT2D eigenvalue weighted by atomic mass is 9.80. The van der Waals surface area contributed by atoms with Crippen LogP contribution in [0.3, 0.4) is 0 Å². The molecule has 78 valence electrons. The van der Waals surface area contributed by atoms with Crippen LogP contribution in [0.2, 0.25) is 0 Å². The molecule has 1 aliphatic carbocycles. The van der Waals surface area contributed by atoms with Crippen molar-refractivity contribution in [1.82, 2.24) is 10.2 Å². The van der Waals surface area contributed by atoms with Gasteiger partial charge in [0.1, 0.15) is 0 Å². The van der Waals surface area contributed by atoms with Crippen LogP contribution in [-0.4, -0.2) is 38.6 Å². The second-order valence-electron chi connectivity index (χ2n) is 4.61. The van der Waals surface area contributed by atoms with Crippen LogP contribution < -0.4 is 5.32 Å². The van der Waals surface area contributed by atoms with E-state index in [1.165, 1.54) is 38.6 Å². The van der Waals surface area contributed by atoms with E-state index >= 15 is 0 Å². The summed E-state index contributed by atoms with van der Waals surface area (Å²) in [4.78, 5) is 2.27. The Labute approximate surface area is 82.7 Å². The van der Waals surface area contributed by atoms with E-state index in [9.17, 15) is 0 Å². The Hall–Kier alpha value is -0.0800. The summed E-state index contributed by atoms with van der Waals surface area (Å²) in [5.41, 5.74) is 0. The van der Waals surface area contributed by atoms with Gasteiger partial charge in [-0.3, -0.25) is 0 Å². The Bertz CT molecular complexity index is 130. The molecule has 1 saturated carbocycles. The molecule has 0 spiro atoms. The summed E-state index contributed by atoms with van der Waals surface area (Å²) in [6, 6.07) is 0.743. The molecule has 2 heteroatoms. The van der Waals surface area contributed by atoms with Gasteiger partial charge >= 0.3 is 0 Å². The molecule has 1 aliphatic rings. The molecular weight excluding hydrogens is 160 g/mol.